The number of aromatic nitrogens is 1. The minimum absolute atomic E-state index is 0.105. The van der Waals surface area contributed by atoms with Crippen LogP contribution in [0.2, 0.25) is 5.02 Å². The van der Waals surface area contributed by atoms with Crippen molar-refractivity contribution in [1.29, 1.82) is 0 Å². The van der Waals surface area contributed by atoms with Crippen LogP contribution in [0.5, 0.6) is 0 Å². The summed E-state index contributed by atoms with van der Waals surface area (Å²) in [6.07, 6.45) is 3.87. The third-order valence-electron chi connectivity index (χ3n) is 4.57. The van der Waals surface area contributed by atoms with Gasteiger partial charge in [0.1, 0.15) is 11.5 Å². The summed E-state index contributed by atoms with van der Waals surface area (Å²) in [6.45, 7) is 0.944. The van der Waals surface area contributed by atoms with Crippen LogP contribution in [0.4, 0.5) is 4.39 Å². The summed E-state index contributed by atoms with van der Waals surface area (Å²) in [5.41, 5.74) is 3.29. The summed E-state index contributed by atoms with van der Waals surface area (Å²) in [6, 6.07) is 13.5. The van der Waals surface area contributed by atoms with Gasteiger partial charge in [-0.25, -0.2) is 4.39 Å². The van der Waals surface area contributed by atoms with Gasteiger partial charge in [0.25, 0.3) is 0 Å². The van der Waals surface area contributed by atoms with E-state index in [0.29, 0.717) is 30.3 Å². The number of fused-ring (bicyclic) bond motifs is 1. The first kappa shape index (κ1) is 17.5. The lowest BCUT2D eigenvalue weighted by Gasteiger charge is -2.24. The topological polar surface area (TPSA) is 46.3 Å². The van der Waals surface area contributed by atoms with Crippen molar-refractivity contribution in [3.05, 3.63) is 82.3 Å². The largest absolute Gasteiger partial charge is 0.356 e. The number of carbonyl (C=O) groups excluding carboxylic acids is 1. The highest BCUT2D eigenvalue weighted by molar-refractivity contribution is 6.32. The molecule has 0 radical (unpaired) electrons. The van der Waals surface area contributed by atoms with Crippen LogP contribution in [0.3, 0.4) is 0 Å². The van der Waals surface area contributed by atoms with Gasteiger partial charge in [-0.15, -0.1) is 0 Å². The number of halogens is 2. The van der Waals surface area contributed by atoms with Crippen LogP contribution in [0, 0.1) is 5.82 Å². The first-order valence-corrected chi connectivity index (χ1v) is 8.94. The molecular weight excluding hydrogens is 367 g/mol. The Hall–Kier alpha value is -2.92. The van der Waals surface area contributed by atoms with Crippen molar-refractivity contribution in [2.75, 3.05) is 6.54 Å². The van der Waals surface area contributed by atoms with Gasteiger partial charge < -0.3 is 9.42 Å². The maximum Gasteiger partial charge on any atom is 0.246 e. The Bertz CT molecular complexity index is 1010. The van der Waals surface area contributed by atoms with Crippen LogP contribution in [-0.4, -0.2) is 22.5 Å². The predicted octanol–water partition coefficient (Wildman–Crippen LogP) is 4.73. The molecule has 0 N–H and O–H groups in total. The maximum absolute atomic E-state index is 13.1. The van der Waals surface area contributed by atoms with Gasteiger partial charge in [0.15, 0.2) is 5.76 Å². The van der Waals surface area contributed by atoms with E-state index < -0.39 is 0 Å². The molecule has 0 bridgehead atoms. The highest BCUT2D eigenvalue weighted by atomic mass is 35.5. The van der Waals surface area contributed by atoms with Crippen molar-refractivity contribution >= 4 is 23.6 Å². The average molecular weight is 383 g/mol. The van der Waals surface area contributed by atoms with Crippen molar-refractivity contribution in [3.8, 4) is 11.3 Å². The number of hydrogen-bond donors (Lipinski definition) is 0. The molecule has 2 heterocycles. The summed E-state index contributed by atoms with van der Waals surface area (Å²) in [7, 11) is 0. The van der Waals surface area contributed by atoms with E-state index in [4.69, 9.17) is 16.1 Å². The first-order valence-electron chi connectivity index (χ1n) is 8.56. The van der Waals surface area contributed by atoms with Crippen molar-refractivity contribution in [2.45, 2.75) is 13.0 Å². The summed E-state index contributed by atoms with van der Waals surface area (Å²) >= 11 is 6.11. The lowest BCUT2D eigenvalue weighted by molar-refractivity contribution is -0.126. The predicted molar refractivity (Wildman–Crippen MR) is 102 cm³/mol. The SMILES string of the molecule is O=C(/C=C/c1ccccc1Cl)N1CCc2c(noc2-c2ccc(F)cc2)C1. The number of nitrogens with zero attached hydrogens (tertiary/aromatic N) is 2. The fourth-order valence-electron chi connectivity index (χ4n) is 3.12. The number of carbonyl (C=O) groups is 1. The van der Waals surface area contributed by atoms with Crippen molar-refractivity contribution in [1.82, 2.24) is 10.1 Å². The zero-order valence-corrected chi connectivity index (χ0v) is 15.1. The molecular formula is C21H16ClFN2O2. The summed E-state index contributed by atoms with van der Waals surface area (Å²) in [5, 5.41) is 4.71. The minimum Gasteiger partial charge on any atom is -0.356 e. The fraction of sp³-hybridized carbons (Fsp3) is 0.143. The normalized spacial score (nSPS) is 13.8. The lowest BCUT2D eigenvalue weighted by Crippen LogP contribution is -2.34. The summed E-state index contributed by atoms with van der Waals surface area (Å²) in [4.78, 5) is 14.2. The molecule has 1 amide bonds. The third kappa shape index (κ3) is 3.64. The van der Waals surface area contributed by atoms with Gasteiger partial charge in [-0.05, 0) is 48.4 Å². The van der Waals surface area contributed by atoms with E-state index in [1.807, 2.05) is 18.2 Å². The Morgan fingerprint density at radius 1 is 1.19 bits per heavy atom. The Labute approximate surface area is 160 Å². The molecule has 1 aliphatic heterocycles. The third-order valence-corrected chi connectivity index (χ3v) is 4.91. The average Bonchev–Trinajstić information content (AvgIpc) is 3.11. The molecule has 0 fully saturated rings. The molecule has 4 rings (SSSR count). The van der Waals surface area contributed by atoms with Crippen LogP contribution in [0.1, 0.15) is 16.8 Å². The molecule has 0 saturated carbocycles. The summed E-state index contributed by atoms with van der Waals surface area (Å²) < 4.78 is 18.6. The number of benzene rings is 2. The molecule has 27 heavy (non-hydrogen) atoms. The minimum atomic E-state index is -0.297. The Morgan fingerprint density at radius 3 is 2.74 bits per heavy atom. The van der Waals surface area contributed by atoms with E-state index in [-0.39, 0.29) is 11.7 Å². The highest BCUT2D eigenvalue weighted by Gasteiger charge is 2.26. The maximum atomic E-state index is 13.1. The second kappa shape index (κ2) is 7.37. The number of amides is 1. The van der Waals surface area contributed by atoms with E-state index in [1.54, 1.807) is 29.2 Å². The van der Waals surface area contributed by atoms with Gasteiger partial charge in [0.2, 0.25) is 5.91 Å². The standard InChI is InChI=1S/C21H16ClFN2O2/c22-18-4-2-1-3-14(18)7-10-20(26)25-12-11-17-19(13-25)24-27-21(17)15-5-8-16(23)9-6-15/h1-10H,11-13H2/b10-7+. The molecule has 4 nitrogen and oxygen atoms in total. The van der Waals surface area contributed by atoms with Gasteiger partial charge in [-0.2, -0.15) is 0 Å². The van der Waals surface area contributed by atoms with E-state index in [0.717, 1.165) is 22.4 Å². The summed E-state index contributed by atoms with van der Waals surface area (Å²) in [5.74, 6) is 0.241. The lowest BCUT2D eigenvalue weighted by atomic mass is 10.0. The molecule has 136 valence electrons. The molecule has 1 aliphatic rings. The fourth-order valence-corrected chi connectivity index (χ4v) is 3.32. The van der Waals surface area contributed by atoms with Gasteiger partial charge in [-0.3, -0.25) is 4.79 Å². The molecule has 0 aliphatic carbocycles. The van der Waals surface area contributed by atoms with E-state index in [2.05, 4.69) is 5.16 Å². The molecule has 6 heteroatoms. The molecule has 0 spiro atoms. The van der Waals surface area contributed by atoms with Crippen LogP contribution in [0.15, 0.2) is 59.1 Å². The van der Waals surface area contributed by atoms with Crippen molar-refractivity contribution in [2.24, 2.45) is 0 Å². The highest BCUT2D eigenvalue weighted by Crippen LogP contribution is 2.30. The molecule has 3 aromatic rings. The molecule has 0 saturated heterocycles. The van der Waals surface area contributed by atoms with Gasteiger partial charge in [-0.1, -0.05) is 35.0 Å². The van der Waals surface area contributed by atoms with Crippen LogP contribution in [0.25, 0.3) is 17.4 Å². The van der Waals surface area contributed by atoms with E-state index in [9.17, 15) is 9.18 Å². The van der Waals surface area contributed by atoms with E-state index in [1.165, 1.54) is 18.2 Å². The van der Waals surface area contributed by atoms with Crippen LogP contribution in [-0.2, 0) is 17.8 Å². The molecule has 0 unspecified atom stereocenters. The first-order chi connectivity index (χ1) is 13.1. The zero-order valence-electron chi connectivity index (χ0n) is 14.4. The monoisotopic (exact) mass is 382 g/mol. The molecule has 2 aromatic carbocycles. The van der Waals surface area contributed by atoms with Crippen LogP contribution >= 0.6 is 11.6 Å². The van der Waals surface area contributed by atoms with Gasteiger partial charge in [0, 0.05) is 28.8 Å². The Morgan fingerprint density at radius 2 is 1.96 bits per heavy atom. The number of hydrogen-bond acceptors (Lipinski definition) is 3. The van der Waals surface area contributed by atoms with Crippen molar-refractivity contribution in [3.63, 3.8) is 0 Å². The number of rotatable bonds is 3. The Kier molecular flexibility index (Phi) is 4.77. The van der Waals surface area contributed by atoms with Gasteiger partial charge >= 0.3 is 0 Å². The van der Waals surface area contributed by atoms with Gasteiger partial charge in [0.05, 0.1) is 6.54 Å². The van der Waals surface area contributed by atoms with Crippen molar-refractivity contribution < 1.29 is 13.7 Å². The smallest absolute Gasteiger partial charge is 0.246 e. The van der Waals surface area contributed by atoms with E-state index >= 15 is 0 Å². The zero-order chi connectivity index (χ0) is 18.8. The van der Waals surface area contributed by atoms with Crippen LogP contribution < -0.4 is 0 Å². The molecule has 0 atom stereocenters. The Balaban J connectivity index is 1.50. The molecule has 1 aromatic heterocycles. The quantitative estimate of drug-likeness (QED) is 0.615. The second-order valence-electron chi connectivity index (χ2n) is 6.31. The second-order valence-corrected chi connectivity index (χ2v) is 6.72.